The molecule has 1 amide bonds. The molecule has 1 aromatic heterocycles. The lowest BCUT2D eigenvalue weighted by atomic mass is 10.2. The molecule has 0 unspecified atom stereocenters. The van der Waals surface area contributed by atoms with Crippen molar-refractivity contribution in [1.29, 1.82) is 0 Å². The highest BCUT2D eigenvalue weighted by atomic mass is 16.4. The Hall–Kier alpha value is -2.70. The Labute approximate surface area is 128 Å². The third kappa shape index (κ3) is 3.91. The summed E-state index contributed by atoms with van der Waals surface area (Å²) >= 11 is 0. The standard InChI is InChI=1S/C15H18N4O3/c1-11(2)8-18(10-14(20)21)15(22)13-9-19(17-16-13)12-6-4-3-5-7-12/h3-7,9,11H,8,10H2,1-2H3,(H,20,21). The van der Waals surface area contributed by atoms with Crippen LogP contribution in [0.1, 0.15) is 24.3 Å². The maximum Gasteiger partial charge on any atom is 0.323 e. The van der Waals surface area contributed by atoms with Gasteiger partial charge in [0.1, 0.15) is 6.54 Å². The number of carbonyl (C=O) groups excluding carboxylic acids is 1. The number of hydrogen-bond donors (Lipinski definition) is 1. The van der Waals surface area contributed by atoms with Crippen molar-refractivity contribution in [2.75, 3.05) is 13.1 Å². The zero-order chi connectivity index (χ0) is 16.1. The van der Waals surface area contributed by atoms with Crippen molar-refractivity contribution >= 4 is 11.9 Å². The Morgan fingerprint density at radius 3 is 2.55 bits per heavy atom. The van der Waals surface area contributed by atoms with Gasteiger partial charge in [-0.1, -0.05) is 37.3 Å². The zero-order valence-electron chi connectivity index (χ0n) is 12.5. The number of nitrogens with zero attached hydrogens (tertiary/aromatic N) is 4. The molecular formula is C15H18N4O3. The largest absolute Gasteiger partial charge is 0.480 e. The van der Waals surface area contributed by atoms with E-state index in [0.717, 1.165) is 5.69 Å². The highest BCUT2D eigenvalue weighted by molar-refractivity contribution is 5.93. The smallest absolute Gasteiger partial charge is 0.323 e. The first kappa shape index (κ1) is 15.7. The number of para-hydroxylation sites is 1. The first-order valence-electron chi connectivity index (χ1n) is 6.96. The maximum absolute atomic E-state index is 12.4. The van der Waals surface area contributed by atoms with Gasteiger partial charge in [-0.2, -0.15) is 0 Å². The zero-order valence-corrected chi connectivity index (χ0v) is 12.5. The number of carboxylic acid groups (broad SMARTS) is 1. The molecule has 0 aliphatic heterocycles. The molecule has 0 saturated heterocycles. The highest BCUT2D eigenvalue weighted by Gasteiger charge is 2.22. The summed E-state index contributed by atoms with van der Waals surface area (Å²) in [5.74, 6) is -1.32. The van der Waals surface area contributed by atoms with Crippen LogP contribution in [0.4, 0.5) is 0 Å². The lowest BCUT2D eigenvalue weighted by molar-refractivity contribution is -0.137. The second kappa shape index (κ2) is 6.84. The van der Waals surface area contributed by atoms with E-state index < -0.39 is 11.9 Å². The Morgan fingerprint density at radius 2 is 1.95 bits per heavy atom. The van der Waals surface area contributed by atoms with Crippen LogP contribution in [0.5, 0.6) is 0 Å². The van der Waals surface area contributed by atoms with E-state index in [0.29, 0.717) is 6.54 Å². The van der Waals surface area contributed by atoms with Gasteiger partial charge in [-0.3, -0.25) is 9.59 Å². The molecule has 0 aliphatic carbocycles. The molecule has 0 bridgehead atoms. The molecule has 1 heterocycles. The van der Waals surface area contributed by atoms with Gasteiger partial charge in [0.15, 0.2) is 5.69 Å². The fourth-order valence-electron chi connectivity index (χ4n) is 2.05. The molecule has 7 nitrogen and oxygen atoms in total. The molecule has 0 saturated carbocycles. The van der Waals surface area contributed by atoms with E-state index in [-0.39, 0.29) is 18.2 Å². The van der Waals surface area contributed by atoms with E-state index in [9.17, 15) is 9.59 Å². The molecule has 2 rings (SSSR count). The minimum Gasteiger partial charge on any atom is -0.480 e. The van der Waals surface area contributed by atoms with E-state index in [1.54, 1.807) is 0 Å². The molecule has 1 N–H and O–H groups in total. The SMILES string of the molecule is CC(C)CN(CC(=O)O)C(=O)c1cn(-c2ccccc2)nn1. The van der Waals surface area contributed by atoms with Crippen LogP contribution in [0.2, 0.25) is 0 Å². The highest BCUT2D eigenvalue weighted by Crippen LogP contribution is 2.09. The Bertz CT molecular complexity index is 652. The third-order valence-electron chi connectivity index (χ3n) is 2.93. The van der Waals surface area contributed by atoms with Crippen LogP contribution in [0.3, 0.4) is 0 Å². The van der Waals surface area contributed by atoms with Gasteiger partial charge in [0, 0.05) is 6.54 Å². The van der Waals surface area contributed by atoms with Crippen molar-refractivity contribution in [3.8, 4) is 5.69 Å². The van der Waals surface area contributed by atoms with Crippen molar-refractivity contribution < 1.29 is 14.7 Å². The van der Waals surface area contributed by atoms with Crippen LogP contribution in [0, 0.1) is 5.92 Å². The number of carboxylic acids is 1. The fourth-order valence-corrected chi connectivity index (χ4v) is 2.05. The number of amides is 1. The first-order chi connectivity index (χ1) is 10.5. The molecule has 0 fully saturated rings. The van der Waals surface area contributed by atoms with Crippen molar-refractivity contribution in [1.82, 2.24) is 19.9 Å². The second-order valence-electron chi connectivity index (χ2n) is 5.36. The van der Waals surface area contributed by atoms with E-state index in [2.05, 4.69) is 10.3 Å². The minimum atomic E-state index is -1.05. The Balaban J connectivity index is 2.20. The van der Waals surface area contributed by atoms with Gasteiger partial charge in [-0.25, -0.2) is 4.68 Å². The number of aromatic nitrogens is 3. The fraction of sp³-hybridized carbons (Fsp3) is 0.333. The van der Waals surface area contributed by atoms with Crippen molar-refractivity contribution in [3.05, 3.63) is 42.2 Å². The summed E-state index contributed by atoms with van der Waals surface area (Å²) in [6.45, 7) is 3.84. The van der Waals surface area contributed by atoms with Gasteiger partial charge in [0.25, 0.3) is 5.91 Å². The number of hydrogen-bond acceptors (Lipinski definition) is 4. The Morgan fingerprint density at radius 1 is 1.27 bits per heavy atom. The van der Waals surface area contributed by atoms with Crippen LogP contribution < -0.4 is 0 Å². The molecule has 22 heavy (non-hydrogen) atoms. The summed E-state index contributed by atoms with van der Waals surface area (Å²) in [6, 6.07) is 9.27. The summed E-state index contributed by atoms with van der Waals surface area (Å²) < 4.78 is 1.49. The first-order valence-corrected chi connectivity index (χ1v) is 6.96. The molecule has 0 spiro atoms. The molecule has 0 atom stereocenters. The monoisotopic (exact) mass is 302 g/mol. The summed E-state index contributed by atoms with van der Waals surface area (Å²) in [6.07, 6.45) is 1.51. The summed E-state index contributed by atoms with van der Waals surface area (Å²) in [5, 5.41) is 16.7. The molecular weight excluding hydrogens is 284 g/mol. The van der Waals surface area contributed by atoms with Crippen LogP contribution >= 0.6 is 0 Å². The van der Waals surface area contributed by atoms with Gasteiger partial charge in [0.2, 0.25) is 0 Å². The average molecular weight is 302 g/mol. The lowest BCUT2D eigenvalue weighted by Crippen LogP contribution is -2.38. The third-order valence-corrected chi connectivity index (χ3v) is 2.93. The molecule has 0 radical (unpaired) electrons. The number of aliphatic carboxylic acids is 1. The van der Waals surface area contributed by atoms with Gasteiger partial charge in [0.05, 0.1) is 11.9 Å². The topological polar surface area (TPSA) is 88.3 Å². The van der Waals surface area contributed by atoms with E-state index >= 15 is 0 Å². The predicted octanol–water partition coefficient (Wildman–Crippen LogP) is 1.45. The summed E-state index contributed by atoms with van der Waals surface area (Å²) in [5.41, 5.74) is 0.911. The van der Waals surface area contributed by atoms with E-state index in [1.807, 2.05) is 44.2 Å². The summed E-state index contributed by atoms with van der Waals surface area (Å²) in [4.78, 5) is 24.6. The molecule has 116 valence electrons. The van der Waals surface area contributed by atoms with E-state index in [1.165, 1.54) is 15.8 Å². The van der Waals surface area contributed by atoms with Crippen LogP contribution in [0.25, 0.3) is 5.69 Å². The van der Waals surface area contributed by atoms with Gasteiger partial charge in [-0.15, -0.1) is 5.10 Å². The molecule has 0 aliphatic rings. The number of benzene rings is 1. The average Bonchev–Trinajstić information content (AvgIpc) is 2.95. The lowest BCUT2D eigenvalue weighted by Gasteiger charge is -2.21. The van der Waals surface area contributed by atoms with Gasteiger partial charge in [-0.05, 0) is 18.1 Å². The quantitative estimate of drug-likeness (QED) is 0.872. The normalized spacial score (nSPS) is 10.7. The molecule has 2 aromatic rings. The molecule has 1 aromatic carbocycles. The van der Waals surface area contributed by atoms with Crippen molar-refractivity contribution in [3.63, 3.8) is 0 Å². The molecule has 7 heteroatoms. The maximum atomic E-state index is 12.4. The second-order valence-corrected chi connectivity index (χ2v) is 5.36. The Kier molecular flexibility index (Phi) is 4.88. The summed E-state index contributed by atoms with van der Waals surface area (Å²) in [7, 11) is 0. The number of rotatable bonds is 6. The predicted molar refractivity (Wildman–Crippen MR) is 79.7 cm³/mol. The van der Waals surface area contributed by atoms with Gasteiger partial charge >= 0.3 is 5.97 Å². The van der Waals surface area contributed by atoms with Crippen molar-refractivity contribution in [2.24, 2.45) is 5.92 Å². The van der Waals surface area contributed by atoms with Crippen LogP contribution in [-0.2, 0) is 4.79 Å². The minimum absolute atomic E-state index is 0.130. The van der Waals surface area contributed by atoms with E-state index in [4.69, 9.17) is 5.11 Å². The van der Waals surface area contributed by atoms with Crippen molar-refractivity contribution in [2.45, 2.75) is 13.8 Å². The van der Waals surface area contributed by atoms with Crippen LogP contribution in [-0.4, -0.2) is 50.0 Å². The number of carbonyl (C=O) groups is 2. The van der Waals surface area contributed by atoms with Gasteiger partial charge < -0.3 is 10.0 Å². The van der Waals surface area contributed by atoms with Crippen LogP contribution in [0.15, 0.2) is 36.5 Å².